The van der Waals surface area contributed by atoms with Crippen molar-refractivity contribution >= 4 is 16.9 Å². The van der Waals surface area contributed by atoms with E-state index >= 15 is 0 Å². The standard InChI is InChI=1S/C14H11F2NO2/c15-8-5-6-9(16)13-12(8)11(14(18)19)7-3-1-2-4-10(7)17-13/h5-6H,1-4H2,(H,18,19). The molecule has 0 aliphatic heterocycles. The van der Waals surface area contributed by atoms with Crippen molar-refractivity contribution in [2.75, 3.05) is 0 Å². The maximum atomic E-state index is 13.9. The molecule has 2 aromatic rings. The number of rotatable bonds is 1. The molecule has 1 heterocycles. The third-order valence-corrected chi connectivity index (χ3v) is 3.53. The molecule has 0 unspecified atom stereocenters. The molecule has 0 spiro atoms. The Balaban J connectivity index is 2.50. The minimum absolute atomic E-state index is 0.128. The summed E-state index contributed by atoms with van der Waals surface area (Å²) in [4.78, 5) is 15.6. The van der Waals surface area contributed by atoms with E-state index < -0.39 is 17.6 Å². The van der Waals surface area contributed by atoms with Crippen LogP contribution in [0.5, 0.6) is 0 Å². The molecule has 5 heteroatoms. The minimum Gasteiger partial charge on any atom is -0.478 e. The number of carboxylic acids is 1. The van der Waals surface area contributed by atoms with E-state index in [0.717, 1.165) is 25.0 Å². The quantitative estimate of drug-likeness (QED) is 0.860. The smallest absolute Gasteiger partial charge is 0.336 e. The van der Waals surface area contributed by atoms with Crippen molar-refractivity contribution in [1.29, 1.82) is 0 Å². The van der Waals surface area contributed by atoms with Gasteiger partial charge in [0.05, 0.1) is 10.9 Å². The van der Waals surface area contributed by atoms with Crippen molar-refractivity contribution in [3.63, 3.8) is 0 Å². The number of hydrogen-bond donors (Lipinski definition) is 1. The highest BCUT2D eigenvalue weighted by Crippen LogP contribution is 2.31. The number of nitrogens with zero attached hydrogens (tertiary/aromatic N) is 1. The summed E-state index contributed by atoms with van der Waals surface area (Å²) in [6.45, 7) is 0. The Morgan fingerprint density at radius 2 is 1.84 bits per heavy atom. The first-order valence-corrected chi connectivity index (χ1v) is 6.12. The number of aryl methyl sites for hydroxylation is 1. The van der Waals surface area contributed by atoms with Crippen LogP contribution in [0.4, 0.5) is 8.78 Å². The molecule has 1 N–H and O–H groups in total. The number of carbonyl (C=O) groups is 1. The van der Waals surface area contributed by atoms with Crippen LogP contribution in [0.25, 0.3) is 10.9 Å². The number of halogens is 2. The van der Waals surface area contributed by atoms with Crippen molar-refractivity contribution < 1.29 is 18.7 Å². The van der Waals surface area contributed by atoms with E-state index in [-0.39, 0.29) is 16.5 Å². The van der Waals surface area contributed by atoms with Gasteiger partial charge in [-0.3, -0.25) is 0 Å². The summed E-state index contributed by atoms with van der Waals surface area (Å²) in [5.41, 5.74) is 0.825. The fourth-order valence-corrected chi connectivity index (χ4v) is 2.69. The predicted octanol–water partition coefficient (Wildman–Crippen LogP) is 3.09. The van der Waals surface area contributed by atoms with Crippen LogP contribution in [0.2, 0.25) is 0 Å². The molecular weight excluding hydrogens is 252 g/mol. The maximum Gasteiger partial charge on any atom is 0.336 e. The first kappa shape index (κ1) is 12.0. The van der Waals surface area contributed by atoms with E-state index in [2.05, 4.69) is 4.98 Å². The zero-order valence-electron chi connectivity index (χ0n) is 10.0. The molecule has 19 heavy (non-hydrogen) atoms. The summed E-state index contributed by atoms with van der Waals surface area (Å²) >= 11 is 0. The summed E-state index contributed by atoms with van der Waals surface area (Å²) < 4.78 is 27.6. The van der Waals surface area contributed by atoms with Gasteiger partial charge in [-0.15, -0.1) is 0 Å². The Morgan fingerprint density at radius 3 is 2.58 bits per heavy atom. The van der Waals surface area contributed by atoms with Gasteiger partial charge in [-0.25, -0.2) is 18.6 Å². The van der Waals surface area contributed by atoms with Gasteiger partial charge in [0.15, 0.2) is 0 Å². The second-order valence-electron chi connectivity index (χ2n) is 4.68. The van der Waals surface area contributed by atoms with Crippen molar-refractivity contribution in [2.24, 2.45) is 0 Å². The van der Waals surface area contributed by atoms with Gasteiger partial charge in [-0.05, 0) is 43.4 Å². The Bertz CT molecular complexity index is 698. The van der Waals surface area contributed by atoms with Gasteiger partial charge < -0.3 is 5.11 Å². The van der Waals surface area contributed by atoms with E-state index in [4.69, 9.17) is 0 Å². The molecule has 3 rings (SSSR count). The number of pyridine rings is 1. The molecule has 0 amide bonds. The maximum absolute atomic E-state index is 13.9. The van der Waals surface area contributed by atoms with Crippen LogP contribution in [0.1, 0.15) is 34.5 Å². The number of carboxylic acid groups (broad SMARTS) is 1. The van der Waals surface area contributed by atoms with E-state index in [1.165, 1.54) is 0 Å². The second-order valence-corrected chi connectivity index (χ2v) is 4.68. The zero-order valence-corrected chi connectivity index (χ0v) is 10.0. The normalized spacial score (nSPS) is 14.4. The lowest BCUT2D eigenvalue weighted by molar-refractivity contribution is 0.0697. The van der Waals surface area contributed by atoms with Crippen LogP contribution >= 0.6 is 0 Å². The molecule has 0 atom stereocenters. The summed E-state index contributed by atoms with van der Waals surface area (Å²) in [7, 11) is 0. The summed E-state index contributed by atoms with van der Waals surface area (Å²) in [5, 5.41) is 9.12. The third-order valence-electron chi connectivity index (χ3n) is 3.53. The van der Waals surface area contributed by atoms with Crippen molar-refractivity contribution in [3.8, 4) is 0 Å². The van der Waals surface area contributed by atoms with Gasteiger partial charge in [0.2, 0.25) is 0 Å². The lowest BCUT2D eigenvalue weighted by atomic mass is 9.89. The molecule has 1 aliphatic rings. The molecule has 1 aromatic heterocycles. The Hall–Kier alpha value is -2.04. The zero-order chi connectivity index (χ0) is 13.6. The van der Waals surface area contributed by atoms with E-state index in [0.29, 0.717) is 24.1 Å². The van der Waals surface area contributed by atoms with Crippen LogP contribution in [0.15, 0.2) is 12.1 Å². The molecule has 0 saturated carbocycles. The first-order valence-electron chi connectivity index (χ1n) is 6.12. The molecule has 0 saturated heterocycles. The van der Waals surface area contributed by atoms with Gasteiger partial charge >= 0.3 is 5.97 Å². The molecule has 0 radical (unpaired) electrons. The summed E-state index contributed by atoms with van der Waals surface area (Å²) in [6.07, 6.45) is 2.90. The fraction of sp³-hybridized carbons (Fsp3) is 0.286. The number of benzene rings is 1. The Kier molecular flexibility index (Phi) is 2.69. The minimum atomic E-state index is -1.23. The Morgan fingerprint density at radius 1 is 1.16 bits per heavy atom. The number of aromatic carboxylic acids is 1. The van der Waals surface area contributed by atoms with Crippen molar-refractivity contribution in [1.82, 2.24) is 4.98 Å². The molecular formula is C14H11F2NO2. The first-order chi connectivity index (χ1) is 9.09. The fourth-order valence-electron chi connectivity index (χ4n) is 2.69. The van der Waals surface area contributed by atoms with Crippen molar-refractivity contribution in [3.05, 3.63) is 40.6 Å². The molecule has 0 fully saturated rings. The SMILES string of the molecule is O=C(O)c1c2c(nc3c(F)ccc(F)c13)CCCC2. The van der Waals surface area contributed by atoms with Crippen LogP contribution in [0, 0.1) is 11.6 Å². The van der Waals surface area contributed by atoms with E-state index in [9.17, 15) is 18.7 Å². The van der Waals surface area contributed by atoms with E-state index in [1.54, 1.807) is 0 Å². The van der Waals surface area contributed by atoms with Crippen LogP contribution in [-0.4, -0.2) is 16.1 Å². The molecule has 1 aromatic carbocycles. The molecule has 1 aliphatic carbocycles. The monoisotopic (exact) mass is 263 g/mol. The predicted molar refractivity (Wildman–Crippen MR) is 65.3 cm³/mol. The van der Waals surface area contributed by atoms with Crippen LogP contribution in [-0.2, 0) is 12.8 Å². The van der Waals surface area contributed by atoms with Gasteiger partial charge in [0, 0.05) is 5.69 Å². The molecule has 98 valence electrons. The highest BCUT2D eigenvalue weighted by atomic mass is 19.1. The van der Waals surface area contributed by atoms with Crippen LogP contribution in [0.3, 0.4) is 0 Å². The topological polar surface area (TPSA) is 50.2 Å². The van der Waals surface area contributed by atoms with Gasteiger partial charge in [0.1, 0.15) is 17.2 Å². The number of aromatic nitrogens is 1. The average molecular weight is 263 g/mol. The third kappa shape index (κ3) is 1.77. The van der Waals surface area contributed by atoms with Gasteiger partial charge in [0.25, 0.3) is 0 Å². The number of fused-ring (bicyclic) bond motifs is 2. The number of hydrogen-bond acceptors (Lipinski definition) is 2. The molecule has 0 bridgehead atoms. The Labute approximate surface area is 107 Å². The second kappa shape index (κ2) is 4.26. The summed E-state index contributed by atoms with van der Waals surface area (Å²) in [6, 6.07) is 1.92. The highest BCUT2D eigenvalue weighted by molar-refractivity contribution is 6.04. The van der Waals surface area contributed by atoms with E-state index in [1.807, 2.05) is 0 Å². The summed E-state index contributed by atoms with van der Waals surface area (Å²) in [5.74, 6) is -2.66. The molecule has 3 nitrogen and oxygen atoms in total. The highest BCUT2D eigenvalue weighted by Gasteiger charge is 2.25. The largest absolute Gasteiger partial charge is 0.478 e. The van der Waals surface area contributed by atoms with Crippen LogP contribution < -0.4 is 0 Å². The van der Waals surface area contributed by atoms with Gasteiger partial charge in [-0.2, -0.15) is 0 Å². The van der Waals surface area contributed by atoms with Crippen molar-refractivity contribution in [2.45, 2.75) is 25.7 Å². The lowest BCUT2D eigenvalue weighted by Gasteiger charge is -2.19. The van der Waals surface area contributed by atoms with Gasteiger partial charge in [-0.1, -0.05) is 0 Å². The lowest BCUT2D eigenvalue weighted by Crippen LogP contribution is -2.14. The average Bonchev–Trinajstić information content (AvgIpc) is 2.40.